The van der Waals surface area contributed by atoms with Gasteiger partial charge in [-0.1, -0.05) is 23.0 Å². The van der Waals surface area contributed by atoms with Gasteiger partial charge in [-0.25, -0.2) is 0 Å². The van der Waals surface area contributed by atoms with Gasteiger partial charge in [0, 0.05) is 19.3 Å². The lowest BCUT2D eigenvalue weighted by molar-refractivity contribution is -0.131. The summed E-state index contributed by atoms with van der Waals surface area (Å²) >= 11 is 1.21. The molecule has 0 saturated heterocycles. The normalized spacial score (nSPS) is 18.6. The van der Waals surface area contributed by atoms with Gasteiger partial charge in [0.15, 0.2) is 0 Å². The number of thioether (sulfide) groups is 1. The van der Waals surface area contributed by atoms with Gasteiger partial charge in [0.25, 0.3) is 0 Å². The van der Waals surface area contributed by atoms with Crippen LogP contribution in [0.25, 0.3) is 0 Å². The minimum atomic E-state index is -4.08. The first-order valence-electron chi connectivity index (χ1n) is 6.42. The van der Waals surface area contributed by atoms with Crippen molar-refractivity contribution < 1.29 is 22.2 Å². The summed E-state index contributed by atoms with van der Waals surface area (Å²) in [5.41, 5.74) is 0. The minimum Gasteiger partial charge on any atom is -0.427 e. The Balaban J connectivity index is 2.10. The van der Waals surface area contributed by atoms with Crippen LogP contribution in [0.4, 0.5) is 0 Å². The number of esters is 1. The Bertz CT molecular complexity index is 791. The van der Waals surface area contributed by atoms with E-state index < -0.39 is 16.1 Å². The number of nitrogens with zero attached hydrogens (tertiary/aromatic N) is 2. The number of carbonyl (C=O) groups excluding carboxylic acids is 1. The Morgan fingerprint density at radius 2 is 2.09 bits per heavy atom. The molecular formula is C14H12N2O5S2. The molecule has 0 aromatic heterocycles. The first-order valence-corrected chi connectivity index (χ1v) is 8.71. The number of nitriles is 1. The molecular weight excluding hydrogens is 340 g/mol. The molecule has 2 rings (SSSR count). The molecule has 9 heteroatoms. The maximum atomic E-state index is 12.1. The molecule has 1 atom stereocenters. The van der Waals surface area contributed by atoms with Crippen LogP contribution in [0.3, 0.4) is 0 Å². The lowest BCUT2D eigenvalue weighted by atomic mass is 10.1. The molecule has 0 bridgehead atoms. The maximum Gasteiger partial charge on any atom is 0.358 e. The Hall–Kier alpha value is -2.31. The molecule has 0 radical (unpaired) electrons. The molecule has 23 heavy (non-hydrogen) atoms. The summed E-state index contributed by atoms with van der Waals surface area (Å²) in [4.78, 5) is 10.7. The highest BCUT2D eigenvalue weighted by atomic mass is 32.2. The zero-order valence-electron chi connectivity index (χ0n) is 12.0. The average molecular weight is 352 g/mol. The van der Waals surface area contributed by atoms with Gasteiger partial charge in [-0.05, 0) is 29.7 Å². The third-order valence-corrected chi connectivity index (χ3v) is 4.76. The van der Waals surface area contributed by atoms with E-state index in [4.69, 9.17) is 10.00 Å². The number of carbonyl (C=O) groups is 1. The van der Waals surface area contributed by atoms with Crippen molar-refractivity contribution in [3.05, 3.63) is 35.7 Å². The van der Waals surface area contributed by atoms with Crippen molar-refractivity contribution in [2.75, 3.05) is 0 Å². The first-order chi connectivity index (χ1) is 10.9. The number of rotatable bonds is 5. The van der Waals surface area contributed by atoms with Crippen LogP contribution in [0.5, 0.6) is 5.75 Å². The maximum absolute atomic E-state index is 12.1. The van der Waals surface area contributed by atoms with E-state index in [1.54, 1.807) is 11.5 Å². The number of hydrogen-bond acceptors (Lipinski definition) is 8. The molecule has 120 valence electrons. The van der Waals surface area contributed by atoms with Crippen molar-refractivity contribution in [3.63, 3.8) is 0 Å². The molecule has 0 fully saturated rings. The molecule has 7 nitrogen and oxygen atoms in total. The molecule has 1 unspecified atom stereocenters. The second kappa shape index (κ2) is 7.30. The van der Waals surface area contributed by atoms with E-state index in [1.807, 2.05) is 6.07 Å². The van der Waals surface area contributed by atoms with Gasteiger partial charge >= 0.3 is 16.1 Å². The largest absolute Gasteiger partial charge is 0.427 e. The molecule has 0 spiro atoms. The van der Waals surface area contributed by atoms with Gasteiger partial charge < -0.3 is 4.74 Å². The van der Waals surface area contributed by atoms with E-state index in [0.717, 1.165) is 0 Å². The van der Waals surface area contributed by atoms with E-state index in [9.17, 15) is 13.2 Å². The summed E-state index contributed by atoms with van der Waals surface area (Å²) in [7, 11) is -4.08. The minimum absolute atomic E-state index is 0.120. The van der Waals surface area contributed by atoms with Crippen LogP contribution in [-0.4, -0.2) is 19.4 Å². The number of hydrogen-bond donors (Lipinski definition) is 0. The van der Waals surface area contributed by atoms with Crippen molar-refractivity contribution in [2.24, 2.45) is 11.1 Å². The van der Waals surface area contributed by atoms with Crippen LogP contribution >= 0.6 is 11.8 Å². The molecule has 0 N–H and O–H groups in total. The molecule has 0 aliphatic carbocycles. The van der Waals surface area contributed by atoms with Gasteiger partial charge in [-0.2, -0.15) is 13.7 Å². The molecule has 0 amide bonds. The molecule has 1 heterocycles. The second-order valence-electron chi connectivity index (χ2n) is 4.44. The highest BCUT2D eigenvalue weighted by Gasteiger charge is 2.22. The van der Waals surface area contributed by atoms with Crippen LogP contribution in [0, 0.1) is 17.2 Å². The lowest BCUT2D eigenvalue weighted by Gasteiger charge is -2.06. The zero-order chi connectivity index (χ0) is 16.9. The Labute approximate surface area is 137 Å². The van der Waals surface area contributed by atoms with Gasteiger partial charge in [0.05, 0.1) is 6.07 Å². The summed E-state index contributed by atoms with van der Waals surface area (Å²) in [5, 5.41) is 14.5. The van der Waals surface area contributed by atoms with Gasteiger partial charge in [-0.3, -0.25) is 9.08 Å². The number of benzene rings is 1. The van der Waals surface area contributed by atoms with E-state index in [1.165, 1.54) is 43.0 Å². The Morgan fingerprint density at radius 3 is 2.70 bits per heavy atom. The summed E-state index contributed by atoms with van der Waals surface area (Å²) in [6.07, 6.45) is 1.96. The van der Waals surface area contributed by atoms with Crippen LogP contribution < -0.4 is 4.74 Å². The standard InChI is InChI=1S/C14H12N2O5S2/c1-10(17)20-12-2-4-13(5-3-12)23(18,19)21-16-14-11(6-8-15)7-9-22-14/h2-5,7,9,11H,6H2,1H3. The molecule has 0 saturated carbocycles. The summed E-state index contributed by atoms with van der Waals surface area (Å²) in [5.74, 6) is -0.531. The number of allylic oxidation sites excluding steroid dienone is 1. The second-order valence-corrected chi connectivity index (χ2v) is 6.89. The lowest BCUT2D eigenvalue weighted by Crippen LogP contribution is -2.08. The van der Waals surface area contributed by atoms with Gasteiger partial charge in [0.2, 0.25) is 0 Å². The number of ether oxygens (including phenoxy) is 1. The fraction of sp³-hybridized carbons (Fsp3) is 0.214. The third-order valence-electron chi connectivity index (χ3n) is 2.73. The smallest absolute Gasteiger partial charge is 0.358 e. The Morgan fingerprint density at radius 1 is 1.39 bits per heavy atom. The third kappa shape index (κ3) is 4.58. The van der Waals surface area contributed by atoms with Crippen LogP contribution in [0.15, 0.2) is 45.8 Å². The van der Waals surface area contributed by atoms with Crippen molar-refractivity contribution in [3.8, 4) is 11.8 Å². The number of oxime groups is 1. The quantitative estimate of drug-likeness (QED) is 0.455. The fourth-order valence-electron chi connectivity index (χ4n) is 1.69. The van der Waals surface area contributed by atoms with Gasteiger partial charge in [0.1, 0.15) is 15.7 Å². The van der Waals surface area contributed by atoms with E-state index >= 15 is 0 Å². The monoisotopic (exact) mass is 352 g/mol. The predicted molar refractivity (Wildman–Crippen MR) is 83.9 cm³/mol. The van der Waals surface area contributed by atoms with E-state index in [-0.39, 0.29) is 23.0 Å². The zero-order valence-corrected chi connectivity index (χ0v) is 13.6. The fourth-order valence-corrected chi connectivity index (χ4v) is 3.29. The van der Waals surface area contributed by atoms with Crippen molar-refractivity contribution >= 4 is 32.9 Å². The Kier molecular flexibility index (Phi) is 5.41. The SMILES string of the molecule is CC(=O)Oc1ccc(S(=O)(=O)ON=C2SC=CC2CC#N)cc1. The van der Waals surface area contributed by atoms with Crippen LogP contribution in [0.2, 0.25) is 0 Å². The van der Waals surface area contributed by atoms with E-state index in [2.05, 4.69) is 9.44 Å². The first kappa shape index (κ1) is 17.1. The van der Waals surface area contributed by atoms with Gasteiger partial charge in [-0.15, -0.1) is 0 Å². The summed E-state index contributed by atoms with van der Waals surface area (Å²) < 4.78 is 33.6. The van der Waals surface area contributed by atoms with E-state index in [0.29, 0.717) is 5.04 Å². The van der Waals surface area contributed by atoms with Crippen molar-refractivity contribution in [1.29, 1.82) is 5.26 Å². The highest BCUT2D eigenvalue weighted by molar-refractivity contribution is 8.16. The van der Waals surface area contributed by atoms with Crippen molar-refractivity contribution in [1.82, 2.24) is 0 Å². The topological polar surface area (TPSA) is 106 Å². The molecule has 1 aromatic carbocycles. The molecule has 1 aliphatic heterocycles. The summed E-state index contributed by atoms with van der Waals surface area (Å²) in [6, 6.07) is 7.18. The van der Waals surface area contributed by atoms with Crippen LogP contribution in [0.1, 0.15) is 13.3 Å². The van der Waals surface area contributed by atoms with Crippen LogP contribution in [-0.2, 0) is 19.2 Å². The molecule has 1 aliphatic rings. The highest BCUT2D eigenvalue weighted by Crippen LogP contribution is 2.27. The average Bonchev–Trinajstić information content (AvgIpc) is 2.93. The predicted octanol–water partition coefficient (Wildman–Crippen LogP) is 2.42. The summed E-state index contributed by atoms with van der Waals surface area (Å²) in [6.45, 7) is 1.24. The molecule has 1 aromatic rings. The van der Waals surface area contributed by atoms with Crippen molar-refractivity contribution in [2.45, 2.75) is 18.2 Å².